The van der Waals surface area contributed by atoms with E-state index in [2.05, 4.69) is 4.74 Å². The van der Waals surface area contributed by atoms with Gasteiger partial charge in [-0.15, -0.1) is 11.6 Å². The lowest BCUT2D eigenvalue weighted by Gasteiger charge is -2.27. The standard InChI is InChI=1S/C12H21ClO5/c1-11(2,3)18-9(14)12(4,5)8-17-10(15)16-7-6-13/h6-8H2,1-5H3. The summed E-state index contributed by atoms with van der Waals surface area (Å²) in [5.41, 5.74) is -1.50. The first-order chi connectivity index (χ1) is 8.08. The molecule has 5 nitrogen and oxygen atoms in total. The van der Waals surface area contributed by atoms with E-state index in [4.69, 9.17) is 21.1 Å². The Morgan fingerprint density at radius 1 is 1.06 bits per heavy atom. The van der Waals surface area contributed by atoms with Crippen molar-refractivity contribution in [3.05, 3.63) is 0 Å². The molecule has 0 aromatic rings. The molecule has 0 aromatic carbocycles. The monoisotopic (exact) mass is 280 g/mol. The summed E-state index contributed by atoms with van der Waals surface area (Å²) in [7, 11) is 0. The summed E-state index contributed by atoms with van der Waals surface area (Å²) in [5.74, 6) is -0.231. The molecule has 0 aliphatic rings. The fraction of sp³-hybridized carbons (Fsp3) is 0.833. The highest BCUT2D eigenvalue weighted by molar-refractivity contribution is 6.18. The summed E-state index contributed by atoms with van der Waals surface area (Å²) in [6, 6.07) is 0. The second-order valence-corrected chi connectivity index (χ2v) is 5.84. The largest absolute Gasteiger partial charge is 0.508 e. The van der Waals surface area contributed by atoms with Crippen molar-refractivity contribution in [2.45, 2.75) is 40.2 Å². The molecule has 0 atom stereocenters. The van der Waals surface area contributed by atoms with E-state index in [0.29, 0.717) is 0 Å². The molecule has 18 heavy (non-hydrogen) atoms. The van der Waals surface area contributed by atoms with E-state index in [1.165, 1.54) is 0 Å². The van der Waals surface area contributed by atoms with Gasteiger partial charge in [-0.05, 0) is 34.6 Å². The number of ether oxygens (including phenoxy) is 3. The molecule has 0 heterocycles. The van der Waals surface area contributed by atoms with Gasteiger partial charge in [-0.2, -0.15) is 0 Å². The van der Waals surface area contributed by atoms with E-state index in [9.17, 15) is 9.59 Å². The maximum Gasteiger partial charge on any atom is 0.508 e. The Bertz CT molecular complexity index is 293. The van der Waals surface area contributed by atoms with Gasteiger partial charge in [0.05, 0.1) is 11.3 Å². The molecule has 0 fully saturated rings. The van der Waals surface area contributed by atoms with Crippen LogP contribution in [0.1, 0.15) is 34.6 Å². The van der Waals surface area contributed by atoms with Crippen molar-refractivity contribution in [1.29, 1.82) is 0 Å². The minimum absolute atomic E-state index is 0.0766. The molecular formula is C12H21ClO5. The number of esters is 1. The fourth-order valence-electron chi connectivity index (χ4n) is 0.878. The van der Waals surface area contributed by atoms with Gasteiger partial charge in [-0.3, -0.25) is 4.79 Å². The highest BCUT2D eigenvalue weighted by Gasteiger charge is 2.34. The van der Waals surface area contributed by atoms with Gasteiger partial charge in [0.1, 0.15) is 18.8 Å². The Labute approximate surface area is 113 Å². The van der Waals surface area contributed by atoms with Gasteiger partial charge in [0.15, 0.2) is 0 Å². The van der Waals surface area contributed by atoms with Crippen LogP contribution in [0.5, 0.6) is 0 Å². The summed E-state index contributed by atoms with van der Waals surface area (Å²) in [4.78, 5) is 22.9. The van der Waals surface area contributed by atoms with Crippen LogP contribution in [0.3, 0.4) is 0 Å². The zero-order valence-electron chi connectivity index (χ0n) is 11.5. The maximum atomic E-state index is 11.8. The highest BCUT2D eigenvalue weighted by Crippen LogP contribution is 2.22. The van der Waals surface area contributed by atoms with Gasteiger partial charge in [0.2, 0.25) is 0 Å². The Hall–Kier alpha value is -0.970. The Morgan fingerprint density at radius 3 is 2.06 bits per heavy atom. The zero-order valence-corrected chi connectivity index (χ0v) is 12.3. The summed E-state index contributed by atoms with van der Waals surface area (Å²) < 4.78 is 14.7. The molecule has 0 bridgehead atoms. The third-order valence-electron chi connectivity index (χ3n) is 1.80. The summed E-state index contributed by atoms with van der Waals surface area (Å²) in [6.07, 6.45) is -0.840. The molecule has 0 spiro atoms. The number of carbonyl (C=O) groups excluding carboxylic acids is 2. The number of carbonyl (C=O) groups is 2. The maximum absolute atomic E-state index is 11.8. The van der Waals surface area contributed by atoms with Crippen molar-refractivity contribution in [1.82, 2.24) is 0 Å². The molecule has 0 unspecified atom stereocenters. The number of alkyl halides is 1. The molecule has 0 saturated heterocycles. The van der Waals surface area contributed by atoms with Crippen LogP contribution in [-0.2, 0) is 19.0 Å². The van der Waals surface area contributed by atoms with Crippen LogP contribution in [0.2, 0.25) is 0 Å². The first kappa shape index (κ1) is 17.0. The molecule has 0 aliphatic carbocycles. The smallest absolute Gasteiger partial charge is 0.459 e. The molecule has 0 aliphatic heterocycles. The zero-order chi connectivity index (χ0) is 14.4. The Morgan fingerprint density at radius 2 is 1.61 bits per heavy atom. The minimum Gasteiger partial charge on any atom is -0.459 e. The minimum atomic E-state index is -0.923. The third kappa shape index (κ3) is 7.37. The van der Waals surface area contributed by atoms with Gasteiger partial charge in [0, 0.05) is 0 Å². The average molecular weight is 281 g/mol. The summed E-state index contributed by atoms with van der Waals surface area (Å²) in [6.45, 7) is 8.56. The van der Waals surface area contributed by atoms with Crippen molar-refractivity contribution < 1.29 is 23.8 Å². The molecule has 6 heteroatoms. The fourth-order valence-corrected chi connectivity index (χ4v) is 0.955. The number of halogens is 1. The predicted octanol–water partition coefficient (Wildman–Crippen LogP) is 2.75. The van der Waals surface area contributed by atoms with Gasteiger partial charge in [0.25, 0.3) is 0 Å². The van der Waals surface area contributed by atoms with Crippen molar-refractivity contribution in [2.24, 2.45) is 5.41 Å². The number of hydrogen-bond donors (Lipinski definition) is 0. The van der Waals surface area contributed by atoms with Crippen molar-refractivity contribution in [3.8, 4) is 0 Å². The quantitative estimate of drug-likeness (QED) is 0.572. The second-order valence-electron chi connectivity index (χ2n) is 5.46. The molecule has 0 radical (unpaired) electrons. The van der Waals surface area contributed by atoms with E-state index in [-0.39, 0.29) is 19.1 Å². The van der Waals surface area contributed by atoms with Crippen molar-refractivity contribution >= 4 is 23.7 Å². The molecule has 106 valence electrons. The second kappa shape index (κ2) is 6.83. The first-order valence-corrected chi connectivity index (χ1v) is 6.21. The van der Waals surface area contributed by atoms with E-state index in [1.807, 2.05) is 0 Å². The topological polar surface area (TPSA) is 61.8 Å². The van der Waals surface area contributed by atoms with Crippen LogP contribution in [0.15, 0.2) is 0 Å². The highest BCUT2D eigenvalue weighted by atomic mass is 35.5. The van der Waals surface area contributed by atoms with E-state index in [1.54, 1.807) is 34.6 Å². The van der Waals surface area contributed by atoms with Crippen LogP contribution in [-0.4, -0.2) is 36.8 Å². The van der Waals surface area contributed by atoms with Gasteiger partial charge < -0.3 is 14.2 Å². The summed E-state index contributed by atoms with van der Waals surface area (Å²) in [5, 5.41) is 0. The first-order valence-electron chi connectivity index (χ1n) is 5.67. The lowest BCUT2D eigenvalue weighted by atomic mass is 9.95. The van der Waals surface area contributed by atoms with Crippen LogP contribution in [0, 0.1) is 5.41 Å². The van der Waals surface area contributed by atoms with Gasteiger partial charge >= 0.3 is 12.1 Å². The Kier molecular flexibility index (Phi) is 6.46. The normalized spacial score (nSPS) is 11.9. The lowest BCUT2D eigenvalue weighted by Crippen LogP contribution is -2.37. The molecular weight excluding hydrogens is 260 g/mol. The predicted molar refractivity (Wildman–Crippen MR) is 67.6 cm³/mol. The molecule has 0 saturated carbocycles. The SMILES string of the molecule is CC(C)(C)OC(=O)C(C)(C)COC(=O)OCCCl. The molecule has 0 N–H and O–H groups in total. The molecule has 0 rings (SSSR count). The van der Waals surface area contributed by atoms with Crippen molar-refractivity contribution in [3.63, 3.8) is 0 Å². The lowest BCUT2D eigenvalue weighted by molar-refractivity contribution is -0.168. The Balaban J connectivity index is 4.22. The van der Waals surface area contributed by atoms with Crippen LogP contribution in [0.25, 0.3) is 0 Å². The van der Waals surface area contributed by atoms with Crippen molar-refractivity contribution in [2.75, 3.05) is 19.1 Å². The van der Waals surface area contributed by atoms with Crippen LogP contribution in [0.4, 0.5) is 4.79 Å². The van der Waals surface area contributed by atoms with E-state index < -0.39 is 23.1 Å². The molecule has 0 aromatic heterocycles. The van der Waals surface area contributed by atoms with Gasteiger partial charge in [-0.25, -0.2) is 4.79 Å². The average Bonchev–Trinajstić information content (AvgIpc) is 2.21. The van der Waals surface area contributed by atoms with E-state index >= 15 is 0 Å². The number of rotatable bonds is 5. The molecule has 0 amide bonds. The summed E-state index contributed by atoms with van der Waals surface area (Å²) >= 11 is 5.35. The number of hydrogen-bond acceptors (Lipinski definition) is 5. The van der Waals surface area contributed by atoms with Gasteiger partial charge in [-0.1, -0.05) is 0 Å². The van der Waals surface area contributed by atoms with Crippen LogP contribution < -0.4 is 0 Å². The van der Waals surface area contributed by atoms with Crippen LogP contribution >= 0.6 is 11.6 Å². The third-order valence-corrected chi connectivity index (χ3v) is 1.95. The van der Waals surface area contributed by atoms with E-state index in [0.717, 1.165) is 0 Å².